The quantitative estimate of drug-likeness (QED) is 0.854. The van der Waals surface area contributed by atoms with Crippen LogP contribution < -0.4 is 0 Å². The van der Waals surface area contributed by atoms with Crippen LogP contribution in [0.15, 0.2) is 30.3 Å². The number of carbonyl (C=O) groups is 1. The van der Waals surface area contributed by atoms with Gasteiger partial charge in [-0.15, -0.1) is 0 Å². The molecule has 0 spiro atoms. The average Bonchev–Trinajstić information content (AvgIpc) is 2.88. The van der Waals surface area contributed by atoms with E-state index in [4.69, 9.17) is 9.47 Å². The van der Waals surface area contributed by atoms with E-state index < -0.39 is 24.4 Å². The second-order valence-electron chi connectivity index (χ2n) is 6.60. The third kappa shape index (κ3) is 4.70. The number of carbonyl (C=O) groups excluding carboxylic acids is 1. The molecule has 1 fully saturated rings. The number of rotatable bonds is 4. The molecule has 0 aliphatic carbocycles. The standard InChI is InChI=1S/C17H24FNO3/c1-17(2,3)22-16(20)19-11-15(9-14(19)10-18)21-12-13-7-5-4-6-8-13/h4-8,14-15H,9-12H2,1-3H3. The molecule has 22 heavy (non-hydrogen) atoms. The van der Waals surface area contributed by atoms with Crippen molar-refractivity contribution in [2.24, 2.45) is 0 Å². The van der Waals surface area contributed by atoms with Gasteiger partial charge in [0.25, 0.3) is 0 Å². The molecule has 1 amide bonds. The van der Waals surface area contributed by atoms with E-state index in [1.165, 1.54) is 4.90 Å². The number of hydrogen-bond acceptors (Lipinski definition) is 3. The summed E-state index contributed by atoms with van der Waals surface area (Å²) in [5.74, 6) is 0. The molecule has 1 aliphatic heterocycles. The molecule has 0 N–H and O–H groups in total. The normalized spacial score (nSPS) is 21.9. The van der Waals surface area contributed by atoms with Crippen molar-refractivity contribution < 1.29 is 18.7 Å². The van der Waals surface area contributed by atoms with Gasteiger partial charge in [0.2, 0.25) is 0 Å². The van der Waals surface area contributed by atoms with Gasteiger partial charge in [-0.25, -0.2) is 9.18 Å². The fourth-order valence-corrected chi connectivity index (χ4v) is 2.47. The first-order chi connectivity index (χ1) is 10.4. The molecule has 4 nitrogen and oxygen atoms in total. The summed E-state index contributed by atoms with van der Waals surface area (Å²) in [5.41, 5.74) is 0.482. The first-order valence-corrected chi connectivity index (χ1v) is 7.60. The fraction of sp³-hybridized carbons (Fsp3) is 0.588. The monoisotopic (exact) mass is 309 g/mol. The van der Waals surface area contributed by atoms with Crippen LogP contribution in [0.2, 0.25) is 0 Å². The fourth-order valence-electron chi connectivity index (χ4n) is 2.47. The maximum atomic E-state index is 13.2. The Morgan fingerprint density at radius 2 is 2.00 bits per heavy atom. The average molecular weight is 309 g/mol. The summed E-state index contributed by atoms with van der Waals surface area (Å²) in [5, 5.41) is 0. The number of amides is 1. The van der Waals surface area contributed by atoms with E-state index in [0.717, 1.165) is 5.56 Å². The van der Waals surface area contributed by atoms with Crippen molar-refractivity contribution in [3.8, 4) is 0 Å². The zero-order valence-corrected chi connectivity index (χ0v) is 13.4. The Morgan fingerprint density at radius 3 is 2.59 bits per heavy atom. The van der Waals surface area contributed by atoms with E-state index in [-0.39, 0.29) is 6.10 Å². The highest BCUT2D eigenvalue weighted by molar-refractivity contribution is 5.69. The maximum Gasteiger partial charge on any atom is 0.410 e. The Morgan fingerprint density at radius 1 is 1.32 bits per heavy atom. The smallest absolute Gasteiger partial charge is 0.410 e. The Balaban J connectivity index is 1.90. The van der Waals surface area contributed by atoms with E-state index in [9.17, 15) is 9.18 Å². The van der Waals surface area contributed by atoms with Gasteiger partial charge in [-0.2, -0.15) is 0 Å². The molecular weight excluding hydrogens is 285 g/mol. The minimum Gasteiger partial charge on any atom is -0.444 e. The molecule has 0 saturated carbocycles. The Bertz CT molecular complexity index is 486. The van der Waals surface area contributed by atoms with Crippen LogP contribution >= 0.6 is 0 Å². The SMILES string of the molecule is CC(C)(C)OC(=O)N1CC(OCc2ccccc2)CC1CF. The zero-order valence-electron chi connectivity index (χ0n) is 13.4. The molecule has 0 aromatic heterocycles. The molecule has 5 heteroatoms. The van der Waals surface area contributed by atoms with Crippen LogP contribution in [0.1, 0.15) is 32.8 Å². The molecule has 1 heterocycles. The summed E-state index contributed by atoms with van der Waals surface area (Å²) in [6.07, 6.45) is -0.128. The summed E-state index contributed by atoms with van der Waals surface area (Å²) in [7, 11) is 0. The molecule has 2 unspecified atom stereocenters. The van der Waals surface area contributed by atoms with E-state index in [0.29, 0.717) is 19.6 Å². The highest BCUT2D eigenvalue weighted by Crippen LogP contribution is 2.24. The Hall–Kier alpha value is -1.62. The van der Waals surface area contributed by atoms with Crippen LogP contribution in [-0.4, -0.2) is 42.0 Å². The lowest BCUT2D eigenvalue weighted by Crippen LogP contribution is -2.41. The minimum atomic E-state index is -0.582. The van der Waals surface area contributed by atoms with Gasteiger partial charge in [0.05, 0.1) is 25.3 Å². The van der Waals surface area contributed by atoms with Crippen molar-refractivity contribution in [3.63, 3.8) is 0 Å². The first-order valence-electron chi connectivity index (χ1n) is 7.60. The van der Waals surface area contributed by atoms with Gasteiger partial charge in [0, 0.05) is 0 Å². The van der Waals surface area contributed by atoms with Gasteiger partial charge in [-0.1, -0.05) is 30.3 Å². The van der Waals surface area contributed by atoms with E-state index in [1.807, 2.05) is 30.3 Å². The van der Waals surface area contributed by atoms with Crippen LogP contribution in [-0.2, 0) is 16.1 Å². The molecule has 0 bridgehead atoms. The second-order valence-corrected chi connectivity index (χ2v) is 6.60. The van der Waals surface area contributed by atoms with Crippen molar-refractivity contribution in [3.05, 3.63) is 35.9 Å². The largest absolute Gasteiger partial charge is 0.444 e. The number of hydrogen-bond donors (Lipinski definition) is 0. The van der Waals surface area contributed by atoms with Crippen LogP contribution in [0.3, 0.4) is 0 Å². The topological polar surface area (TPSA) is 38.8 Å². The van der Waals surface area contributed by atoms with Crippen molar-refractivity contribution >= 4 is 6.09 Å². The number of alkyl halides is 1. The van der Waals surface area contributed by atoms with Gasteiger partial charge in [0.15, 0.2) is 0 Å². The summed E-state index contributed by atoms with van der Waals surface area (Å²) >= 11 is 0. The predicted molar refractivity (Wildman–Crippen MR) is 82.3 cm³/mol. The zero-order chi connectivity index (χ0) is 16.2. The Labute approximate surface area is 131 Å². The lowest BCUT2D eigenvalue weighted by molar-refractivity contribution is 0.0139. The van der Waals surface area contributed by atoms with Crippen LogP contribution in [0.5, 0.6) is 0 Å². The third-order valence-electron chi connectivity index (χ3n) is 3.51. The van der Waals surface area contributed by atoms with Gasteiger partial charge in [-0.3, -0.25) is 4.90 Å². The second kappa shape index (κ2) is 7.09. The highest BCUT2D eigenvalue weighted by Gasteiger charge is 2.38. The van der Waals surface area contributed by atoms with Crippen LogP contribution in [0.25, 0.3) is 0 Å². The minimum absolute atomic E-state index is 0.159. The van der Waals surface area contributed by atoms with Crippen molar-refractivity contribution in [2.45, 2.75) is 51.5 Å². The molecule has 122 valence electrons. The predicted octanol–water partition coefficient (Wildman–Crippen LogP) is 3.55. The van der Waals surface area contributed by atoms with E-state index in [1.54, 1.807) is 20.8 Å². The molecule has 2 atom stereocenters. The van der Waals surface area contributed by atoms with Crippen molar-refractivity contribution in [2.75, 3.05) is 13.2 Å². The van der Waals surface area contributed by atoms with Gasteiger partial charge in [0.1, 0.15) is 12.3 Å². The number of benzene rings is 1. The summed E-state index contributed by atoms with van der Waals surface area (Å²) in [6.45, 7) is 5.66. The summed E-state index contributed by atoms with van der Waals surface area (Å²) < 4.78 is 24.3. The van der Waals surface area contributed by atoms with Crippen LogP contribution in [0, 0.1) is 0 Å². The molecule has 1 aromatic rings. The lowest BCUT2D eigenvalue weighted by Gasteiger charge is -2.27. The maximum absolute atomic E-state index is 13.2. The van der Waals surface area contributed by atoms with E-state index >= 15 is 0 Å². The number of halogens is 1. The number of nitrogens with zero attached hydrogens (tertiary/aromatic N) is 1. The third-order valence-corrected chi connectivity index (χ3v) is 3.51. The van der Waals surface area contributed by atoms with Gasteiger partial charge in [-0.05, 0) is 32.8 Å². The first kappa shape index (κ1) is 16.7. The molecule has 2 rings (SSSR count). The van der Waals surface area contributed by atoms with Crippen molar-refractivity contribution in [1.82, 2.24) is 4.90 Å². The van der Waals surface area contributed by atoms with Gasteiger partial charge < -0.3 is 9.47 Å². The summed E-state index contributed by atoms with van der Waals surface area (Å²) in [6, 6.07) is 9.34. The van der Waals surface area contributed by atoms with Crippen molar-refractivity contribution in [1.29, 1.82) is 0 Å². The van der Waals surface area contributed by atoms with E-state index in [2.05, 4.69) is 0 Å². The molecular formula is C17H24FNO3. The molecule has 1 aromatic carbocycles. The molecule has 1 aliphatic rings. The molecule has 0 radical (unpaired) electrons. The number of ether oxygens (including phenoxy) is 2. The summed E-state index contributed by atoms with van der Waals surface area (Å²) in [4.78, 5) is 13.6. The molecule has 1 saturated heterocycles. The lowest BCUT2D eigenvalue weighted by atomic mass is 10.2. The number of likely N-dealkylation sites (tertiary alicyclic amines) is 1. The van der Waals surface area contributed by atoms with Crippen LogP contribution in [0.4, 0.5) is 9.18 Å². The highest BCUT2D eigenvalue weighted by atomic mass is 19.1. The van der Waals surface area contributed by atoms with Gasteiger partial charge >= 0.3 is 6.09 Å². The Kier molecular flexibility index (Phi) is 5.40.